The molecule has 0 unspecified atom stereocenters. The second-order valence-corrected chi connectivity index (χ2v) is 6.65. The molecule has 0 bridgehead atoms. The minimum atomic E-state index is 0.0190. The molecule has 4 rings (SSSR count). The molecule has 0 atom stereocenters. The van der Waals surface area contributed by atoms with Crippen molar-refractivity contribution in [2.24, 2.45) is 0 Å². The summed E-state index contributed by atoms with van der Waals surface area (Å²) in [4.78, 5) is 19.1. The largest absolute Gasteiger partial charge is 0.493 e. The van der Waals surface area contributed by atoms with Crippen LogP contribution in [0.3, 0.4) is 0 Å². The number of aromatic amines is 1. The van der Waals surface area contributed by atoms with Gasteiger partial charge >= 0.3 is 0 Å². The lowest BCUT2D eigenvalue weighted by atomic mass is 9.91. The van der Waals surface area contributed by atoms with Crippen LogP contribution in [0, 0.1) is 0 Å². The molecule has 1 amide bonds. The van der Waals surface area contributed by atoms with Crippen LogP contribution in [-0.2, 0) is 0 Å². The first-order valence-corrected chi connectivity index (χ1v) is 9.01. The summed E-state index contributed by atoms with van der Waals surface area (Å²) in [5.41, 5.74) is 2.48. The van der Waals surface area contributed by atoms with Crippen molar-refractivity contribution in [3.63, 3.8) is 0 Å². The molecule has 7 nitrogen and oxygen atoms in total. The van der Waals surface area contributed by atoms with E-state index >= 15 is 0 Å². The molecule has 3 heterocycles. The Kier molecular flexibility index (Phi) is 4.66. The fourth-order valence-electron chi connectivity index (χ4n) is 3.70. The van der Waals surface area contributed by atoms with Crippen molar-refractivity contribution in [1.29, 1.82) is 0 Å². The molecule has 1 fully saturated rings. The average Bonchev–Trinajstić information content (AvgIpc) is 3.17. The summed E-state index contributed by atoms with van der Waals surface area (Å²) in [7, 11) is 3.15. The molecule has 7 heteroatoms. The van der Waals surface area contributed by atoms with E-state index in [-0.39, 0.29) is 5.91 Å². The smallest absolute Gasteiger partial charge is 0.253 e. The van der Waals surface area contributed by atoms with Crippen LogP contribution >= 0.6 is 0 Å². The zero-order valence-electron chi connectivity index (χ0n) is 15.4. The summed E-state index contributed by atoms with van der Waals surface area (Å²) in [6.45, 7) is 1.41. The Balaban J connectivity index is 1.47. The van der Waals surface area contributed by atoms with E-state index in [1.54, 1.807) is 38.6 Å². The standard InChI is InChI=1S/C20H22N4O3/c1-26-16-6-5-14(12-17(16)27-2)20(25)24-10-7-13(8-11-24)18-15-4-3-9-21-19(15)23-22-18/h3-6,9,12-13H,7-8,10-11H2,1-2H3,(H,21,22,23). The van der Waals surface area contributed by atoms with E-state index in [1.165, 1.54) is 0 Å². The van der Waals surface area contributed by atoms with E-state index in [2.05, 4.69) is 15.2 Å². The van der Waals surface area contributed by atoms with Gasteiger partial charge in [0.15, 0.2) is 17.1 Å². The number of benzene rings is 1. The molecule has 1 aliphatic heterocycles. The lowest BCUT2D eigenvalue weighted by molar-refractivity contribution is 0.0712. The number of fused-ring (bicyclic) bond motifs is 1. The molecule has 27 heavy (non-hydrogen) atoms. The van der Waals surface area contributed by atoms with Crippen molar-refractivity contribution in [3.8, 4) is 11.5 Å². The normalized spacial score (nSPS) is 15.1. The molecule has 0 aliphatic carbocycles. The first-order valence-electron chi connectivity index (χ1n) is 9.01. The summed E-state index contributed by atoms with van der Waals surface area (Å²) in [5.74, 6) is 1.56. The molecular weight excluding hydrogens is 344 g/mol. The number of H-pyrrole nitrogens is 1. The number of nitrogens with zero attached hydrogens (tertiary/aromatic N) is 3. The molecule has 0 spiro atoms. The van der Waals surface area contributed by atoms with Crippen molar-refractivity contribution in [3.05, 3.63) is 47.8 Å². The number of rotatable bonds is 4. The van der Waals surface area contributed by atoms with E-state index in [0.717, 1.165) is 29.6 Å². The minimum Gasteiger partial charge on any atom is -0.493 e. The number of amides is 1. The highest BCUT2D eigenvalue weighted by molar-refractivity contribution is 5.95. The van der Waals surface area contributed by atoms with Gasteiger partial charge in [0, 0.05) is 41.8 Å². The first kappa shape index (κ1) is 17.3. The number of hydrogen-bond acceptors (Lipinski definition) is 5. The maximum absolute atomic E-state index is 12.9. The average molecular weight is 366 g/mol. The van der Waals surface area contributed by atoms with Crippen LogP contribution in [0.5, 0.6) is 11.5 Å². The lowest BCUT2D eigenvalue weighted by Crippen LogP contribution is -2.38. The first-order chi connectivity index (χ1) is 13.2. The number of piperidine rings is 1. The van der Waals surface area contributed by atoms with E-state index in [0.29, 0.717) is 36.1 Å². The van der Waals surface area contributed by atoms with Crippen molar-refractivity contribution in [2.75, 3.05) is 27.3 Å². The van der Waals surface area contributed by atoms with Crippen molar-refractivity contribution in [1.82, 2.24) is 20.1 Å². The monoisotopic (exact) mass is 366 g/mol. The van der Waals surface area contributed by atoms with Gasteiger partial charge in [0.05, 0.1) is 14.2 Å². The van der Waals surface area contributed by atoms with E-state index < -0.39 is 0 Å². The summed E-state index contributed by atoms with van der Waals surface area (Å²) < 4.78 is 10.6. The third-order valence-corrected chi connectivity index (χ3v) is 5.18. The summed E-state index contributed by atoms with van der Waals surface area (Å²) in [6.07, 6.45) is 3.54. The Morgan fingerprint density at radius 1 is 1.15 bits per heavy atom. The Labute approximate surface area is 157 Å². The molecule has 0 radical (unpaired) electrons. The maximum atomic E-state index is 12.9. The van der Waals surface area contributed by atoms with Gasteiger partial charge in [0.1, 0.15) is 0 Å². The van der Waals surface area contributed by atoms with Crippen LogP contribution < -0.4 is 9.47 Å². The number of likely N-dealkylation sites (tertiary alicyclic amines) is 1. The number of carbonyl (C=O) groups is 1. The van der Waals surface area contributed by atoms with Gasteiger partial charge in [0.25, 0.3) is 5.91 Å². The van der Waals surface area contributed by atoms with Gasteiger partial charge in [-0.25, -0.2) is 4.98 Å². The molecule has 0 saturated carbocycles. The predicted octanol–water partition coefficient (Wildman–Crippen LogP) is 2.99. The number of nitrogens with one attached hydrogen (secondary N) is 1. The SMILES string of the molecule is COc1ccc(C(=O)N2CCC(c3[nH]nc4ncccc34)CC2)cc1OC. The quantitative estimate of drug-likeness (QED) is 0.768. The summed E-state index contributed by atoms with van der Waals surface area (Å²) >= 11 is 0. The van der Waals surface area contributed by atoms with Gasteiger partial charge in [-0.3, -0.25) is 9.89 Å². The van der Waals surface area contributed by atoms with Crippen molar-refractivity contribution in [2.45, 2.75) is 18.8 Å². The molecule has 1 N–H and O–H groups in total. The number of aromatic nitrogens is 3. The van der Waals surface area contributed by atoms with Gasteiger partial charge in [-0.15, -0.1) is 0 Å². The number of hydrogen-bond donors (Lipinski definition) is 1. The van der Waals surface area contributed by atoms with Gasteiger partial charge in [0.2, 0.25) is 0 Å². The third kappa shape index (κ3) is 3.20. The second kappa shape index (κ2) is 7.26. The van der Waals surface area contributed by atoms with Crippen LogP contribution in [-0.4, -0.2) is 53.3 Å². The molecule has 1 aromatic carbocycles. The molecule has 2 aromatic heterocycles. The number of pyridine rings is 1. The molecule has 3 aromatic rings. The van der Waals surface area contributed by atoms with Crippen LogP contribution in [0.25, 0.3) is 11.0 Å². The lowest BCUT2D eigenvalue weighted by Gasteiger charge is -2.31. The minimum absolute atomic E-state index is 0.0190. The third-order valence-electron chi connectivity index (χ3n) is 5.18. The molecule has 1 aliphatic rings. The van der Waals surface area contributed by atoms with Gasteiger partial charge in [-0.1, -0.05) is 0 Å². The Morgan fingerprint density at radius 3 is 2.67 bits per heavy atom. The Bertz CT molecular complexity index is 961. The van der Waals surface area contributed by atoms with Crippen LogP contribution in [0.1, 0.15) is 34.8 Å². The van der Waals surface area contributed by atoms with Gasteiger partial charge in [-0.05, 0) is 43.2 Å². The second-order valence-electron chi connectivity index (χ2n) is 6.65. The zero-order valence-corrected chi connectivity index (χ0v) is 15.4. The number of carbonyl (C=O) groups excluding carboxylic acids is 1. The fraction of sp³-hybridized carbons (Fsp3) is 0.350. The summed E-state index contributed by atoms with van der Waals surface area (Å²) in [6, 6.07) is 9.26. The van der Waals surface area contributed by atoms with Gasteiger partial charge in [-0.2, -0.15) is 5.10 Å². The van der Waals surface area contributed by atoms with Crippen molar-refractivity contribution >= 4 is 16.9 Å². The van der Waals surface area contributed by atoms with E-state index in [1.807, 2.05) is 17.0 Å². The van der Waals surface area contributed by atoms with E-state index in [9.17, 15) is 4.79 Å². The van der Waals surface area contributed by atoms with E-state index in [4.69, 9.17) is 9.47 Å². The number of ether oxygens (including phenoxy) is 2. The van der Waals surface area contributed by atoms with Crippen molar-refractivity contribution < 1.29 is 14.3 Å². The Morgan fingerprint density at radius 2 is 1.93 bits per heavy atom. The molecular formula is C20H22N4O3. The highest BCUT2D eigenvalue weighted by Crippen LogP contribution is 2.32. The van der Waals surface area contributed by atoms with Crippen LogP contribution in [0.2, 0.25) is 0 Å². The zero-order chi connectivity index (χ0) is 18.8. The van der Waals surface area contributed by atoms with Crippen LogP contribution in [0.15, 0.2) is 36.5 Å². The maximum Gasteiger partial charge on any atom is 0.253 e. The number of methoxy groups -OCH3 is 2. The van der Waals surface area contributed by atoms with Gasteiger partial charge < -0.3 is 14.4 Å². The molecule has 1 saturated heterocycles. The summed E-state index contributed by atoms with van der Waals surface area (Å²) in [5, 5.41) is 8.50. The molecule has 140 valence electrons. The fourth-order valence-corrected chi connectivity index (χ4v) is 3.70. The Hall–Kier alpha value is -3.09. The highest BCUT2D eigenvalue weighted by Gasteiger charge is 2.27. The highest BCUT2D eigenvalue weighted by atomic mass is 16.5. The predicted molar refractivity (Wildman–Crippen MR) is 101 cm³/mol. The topological polar surface area (TPSA) is 80.3 Å². The van der Waals surface area contributed by atoms with Crippen LogP contribution in [0.4, 0.5) is 0 Å².